The maximum absolute atomic E-state index is 11.4. The third-order valence-corrected chi connectivity index (χ3v) is 3.20. The summed E-state index contributed by atoms with van der Waals surface area (Å²) in [5.41, 5.74) is 1.24. The van der Waals surface area contributed by atoms with E-state index in [4.69, 9.17) is 4.74 Å². The van der Waals surface area contributed by atoms with Gasteiger partial charge >= 0.3 is 5.97 Å². The van der Waals surface area contributed by atoms with Crippen molar-refractivity contribution in [3.63, 3.8) is 0 Å². The number of cyclic esters (lactones) is 1. The fourth-order valence-electron chi connectivity index (χ4n) is 2.42. The molecule has 2 heteroatoms. The van der Waals surface area contributed by atoms with E-state index >= 15 is 0 Å². The second-order valence-electron chi connectivity index (χ2n) is 3.99. The van der Waals surface area contributed by atoms with Crippen molar-refractivity contribution >= 4 is 5.97 Å². The van der Waals surface area contributed by atoms with E-state index in [9.17, 15) is 4.79 Å². The van der Waals surface area contributed by atoms with E-state index in [1.54, 1.807) is 6.26 Å². The van der Waals surface area contributed by atoms with Crippen molar-refractivity contribution < 1.29 is 9.53 Å². The topological polar surface area (TPSA) is 26.3 Å². The smallest absolute Gasteiger partial charge is 0.314 e. The van der Waals surface area contributed by atoms with Gasteiger partial charge in [-0.1, -0.05) is 6.92 Å². The maximum atomic E-state index is 11.4. The summed E-state index contributed by atoms with van der Waals surface area (Å²) < 4.78 is 4.97. The average Bonchev–Trinajstić information content (AvgIpc) is 2.42. The lowest BCUT2D eigenvalue weighted by Crippen LogP contribution is -2.28. The van der Waals surface area contributed by atoms with Crippen molar-refractivity contribution in [1.82, 2.24) is 0 Å². The molecular weight excluding hydrogens is 152 g/mol. The second kappa shape index (κ2) is 2.61. The van der Waals surface area contributed by atoms with Gasteiger partial charge < -0.3 is 4.74 Å². The van der Waals surface area contributed by atoms with Gasteiger partial charge in [0.2, 0.25) is 0 Å². The first-order valence-corrected chi connectivity index (χ1v) is 4.57. The van der Waals surface area contributed by atoms with Crippen LogP contribution in [0.1, 0.15) is 26.7 Å². The van der Waals surface area contributed by atoms with Crippen molar-refractivity contribution in [3.8, 4) is 0 Å². The van der Waals surface area contributed by atoms with E-state index in [2.05, 4.69) is 13.8 Å². The van der Waals surface area contributed by atoms with Crippen LogP contribution in [0.15, 0.2) is 11.8 Å². The van der Waals surface area contributed by atoms with Crippen molar-refractivity contribution in [1.29, 1.82) is 0 Å². The SMILES string of the molecule is CC1=COC(=O)C2C(C)CC[C@H]12. The number of carbonyl (C=O) groups excluding carboxylic acids is 1. The Morgan fingerprint density at radius 2 is 2.25 bits per heavy atom. The zero-order valence-corrected chi connectivity index (χ0v) is 7.54. The molecule has 1 aliphatic carbocycles. The lowest BCUT2D eigenvalue weighted by molar-refractivity contribution is -0.146. The highest BCUT2D eigenvalue weighted by Crippen LogP contribution is 2.43. The second-order valence-corrected chi connectivity index (χ2v) is 3.99. The van der Waals surface area contributed by atoms with Gasteiger partial charge in [-0.2, -0.15) is 0 Å². The van der Waals surface area contributed by atoms with Crippen molar-refractivity contribution in [2.75, 3.05) is 0 Å². The van der Waals surface area contributed by atoms with Crippen molar-refractivity contribution in [2.24, 2.45) is 17.8 Å². The molecule has 0 saturated heterocycles. The minimum Gasteiger partial charge on any atom is -0.434 e. The molecule has 0 radical (unpaired) electrons. The lowest BCUT2D eigenvalue weighted by Gasteiger charge is -2.25. The molecule has 3 atom stereocenters. The van der Waals surface area contributed by atoms with Crippen LogP contribution >= 0.6 is 0 Å². The number of esters is 1. The summed E-state index contributed by atoms with van der Waals surface area (Å²) in [6, 6.07) is 0. The molecule has 0 aromatic rings. The molecule has 12 heavy (non-hydrogen) atoms. The Kier molecular flexibility index (Phi) is 1.71. The van der Waals surface area contributed by atoms with Gasteiger partial charge in [0.15, 0.2) is 0 Å². The molecule has 0 N–H and O–H groups in total. The number of carbonyl (C=O) groups is 1. The average molecular weight is 166 g/mol. The first kappa shape index (κ1) is 7.84. The Morgan fingerprint density at radius 1 is 1.50 bits per heavy atom. The number of rotatable bonds is 0. The van der Waals surface area contributed by atoms with Crippen LogP contribution in [0.2, 0.25) is 0 Å². The van der Waals surface area contributed by atoms with Gasteiger partial charge in [0.1, 0.15) is 0 Å². The van der Waals surface area contributed by atoms with Crippen LogP contribution in [0.4, 0.5) is 0 Å². The summed E-state index contributed by atoms with van der Waals surface area (Å²) in [7, 11) is 0. The van der Waals surface area contributed by atoms with Gasteiger partial charge in [0.05, 0.1) is 12.2 Å². The van der Waals surface area contributed by atoms with Gasteiger partial charge in [-0.05, 0) is 37.2 Å². The van der Waals surface area contributed by atoms with Gasteiger partial charge in [-0.25, -0.2) is 0 Å². The predicted molar refractivity (Wildman–Crippen MR) is 45.2 cm³/mol. The molecule has 0 amide bonds. The van der Waals surface area contributed by atoms with Crippen LogP contribution in [-0.4, -0.2) is 5.97 Å². The molecule has 0 spiro atoms. The van der Waals surface area contributed by atoms with Crippen LogP contribution in [0.25, 0.3) is 0 Å². The van der Waals surface area contributed by atoms with Gasteiger partial charge in [0.25, 0.3) is 0 Å². The molecular formula is C10H14O2. The van der Waals surface area contributed by atoms with Gasteiger partial charge in [0, 0.05) is 0 Å². The van der Waals surface area contributed by atoms with E-state index < -0.39 is 0 Å². The summed E-state index contributed by atoms with van der Waals surface area (Å²) in [4.78, 5) is 11.4. The standard InChI is InChI=1S/C10H14O2/c1-6-3-4-8-7(2)5-12-10(11)9(6)8/h5-6,8-9H,3-4H2,1-2H3/t6?,8-,9?/m1/s1. The maximum Gasteiger partial charge on any atom is 0.314 e. The highest BCUT2D eigenvalue weighted by molar-refractivity contribution is 5.75. The molecule has 0 aromatic heterocycles. The third-order valence-electron chi connectivity index (χ3n) is 3.20. The molecule has 2 unspecified atom stereocenters. The van der Waals surface area contributed by atoms with Gasteiger partial charge in [-0.15, -0.1) is 0 Å². The summed E-state index contributed by atoms with van der Waals surface area (Å²) in [5, 5.41) is 0. The normalized spacial score (nSPS) is 40.3. The summed E-state index contributed by atoms with van der Waals surface area (Å²) in [6.45, 7) is 4.20. The largest absolute Gasteiger partial charge is 0.434 e. The van der Waals surface area contributed by atoms with Crippen LogP contribution in [-0.2, 0) is 9.53 Å². The molecule has 0 aromatic carbocycles. The molecule has 2 aliphatic rings. The zero-order valence-electron chi connectivity index (χ0n) is 7.54. The first-order chi connectivity index (χ1) is 5.70. The number of fused-ring (bicyclic) bond motifs is 1. The summed E-state index contributed by atoms with van der Waals surface area (Å²) >= 11 is 0. The first-order valence-electron chi connectivity index (χ1n) is 4.57. The minimum atomic E-state index is -0.0180. The zero-order chi connectivity index (χ0) is 8.72. The molecule has 1 aliphatic heterocycles. The third kappa shape index (κ3) is 0.977. The molecule has 1 fully saturated rings. The molecule has 2 nitrogen and oxygen atoms in total. The van der Waals surface area contributed by atoms with Crippen molar-refractivity contribution in [2.45, 2.75) is 26.7 Å². The van der Waals surface area contributed by atoms with Gasteiger partial charge in [-0.3, -0.25) is 4.79 Å². The Hall–Kier alpha value is -0.790. The number of hydrogen-bond acceptors (Lipinski definition) is 2. The molecule has 0 bridgehead atoms. The Labute approximate surface area is 72.6 Å². The summed E-state index contributed by atoms with van der Waals surface area (Å²) in [5.74, 6) is 1.11. The number of hydrogen-bond donors (Lipinski definition) is 0. The monoisotopic (exact) mass is 166 g/mol. The minimum absolute atomic E-state index is 0.0180. The fourth-order valence-corrected chi connectivity index (χ4v) is 2.42. The van der Waals surface area contributed by atoms with Crippen LogP contribution in [0, 0.1) is 17.8 Å². The summed E-state index contributed by atoms with van der Waals surface area (Å²) in [6.07, 6.45) is 3.94. The van der Waals surface area contributed by atoms with E-state index in [1.807, 2.05) is 0 Å². The molecule has 66 valence electrons. The van der Waals surface area contributed by atoms with Crippen LogP contribution in [0.3, 0.4) is 0 Å². The number of ether oxygens (including phenoxy) is 1. The fraction of sp³-hybridized carbons (Fsp3) is 0.700. The van der Waals surface area contributed by atoms with Crippen LogP contribution < -0.4 is 0 Å². The van der Waals surface area contributed by atoms with Crippen molar-refractivity contribution in [3.05, 3.63) is 11.8 Å². The van der Waals surface area contributed by atoms with E-state index in [0.717, 1.165) is 12.8 Å². The van der Waals surface area contributed by atoms with E-state index in [1.165, 1.54) is 5.57 Å². The van der Waals surface area contributed by atoms with E-state index in [-0.39, 0.29) is 11.9 Å². The highest BCUT2D eigenvalue weighted by atomic mass is 16.5. The van der Waals surface area contributed by atoms with E-state index in [0.29, 0.717) is 11.8 Å². The number of allylic oxidation sites excluding steroid dienone is 1. The Bertz CT molecular complexity index is 242. The lowest BCUT2D eigenvalue weighted by atomic mass is 9.85. The molecule has 1 saturated carbocycles. The van der Waals surface area contributed by atoms with Crippen LogP contribution in [0.5, 0.6) is 0 Å². The molecule has 1 heterocycles. The quantitative estimate of drug-likeness (QED) is 0.515. The molecule has 2 rings (SSSR count). The Morgan fingerprint density at radius 3 is 2.92 bits per heavy atom. The highest BCUT2D eigenvalue weighted by Gasteiger charge is 2.42. The Balaban J connectivity index is 2.29. The predicted octanol–water partition coefficient (Wildman–Crippen LogP) is 2.11.